The van der Waals surface area contributed by atoms with Crippen LogP contribution < -0.4 is 10.2 Å². The summed E-state index contributed by atoms with van der Waals surface area (Å²) in [5, 5.41) is 0. The van der Waals surface area contributed by atoms with E-state index in [4.69, 9.17) is 5.73 Å². The second-order valence-electron chi connectivity index (χ2n) is 3.70. The van der Waals surface area contributed by atoms with E-state index in [9.17, 15) is 0 Å². The van der Waals surface area contributed by atoms with Crippen LogP contribution in [0.2, 0.25) is 0 Å². The number of nitrogens with two attached hydrogens (primary N) is 1. The molecule has 0 bridgehead atoms. The summed E-state index contributed by atoms with van der Waals surface area (Å²) in [5.74, 6) is 0. The molecule has 2 nitrogen and oxygen atoms in total. The zero-order chi connectivity index (χ0) is 9.19. The van der Waals surface area contributed by atoms with Crippen molar-refractivity contribution in [3.05, 3.63) is 29.8 Å². The molecule has 2 N–H and O–H groups in total. The lowest BCUT2D eigenvalue weighted by molar-refractivity contribution is 0.411. The van der Waals surface area contributed by atoms with Crippen LogP contribution in [0.3, 0.4) is 0 Å². The van der Waals surface area contributed by atoms with Crippen molar-refractivity contribution in [1.82, 2.24) is 4.48 Å². The number of hydrogen-bond donors (Lipinski definition) is 1. The summed E-state index contributed by atoms with van der Waals surface area (Å²) < 4.78 is 0.736. The van der Waals surface area contributed by atoms with Crippen molar-refractivity contribution in [3.8, 4) is 0 Å². The van der Waals surface area contributed by atoms with E-state index in [0.29, 0.717) is 6.67 Å². The fourth-order valence-electron chi connectivity index (χ4n) is 1.05. The number of nitrogens with zero attached hydrogens (tertiary/aromatic N) is 1. The SMILES string of the molecule is Cc1ccc([N+](C)(C)CN)cc1. The Labute approximate surface area is 74.2 Å². The maximum Gasteiger partial charge on any atom is 0.134 e. The third-order valence-electron chi connectivity index (χ3n) is 2.19. The van der Waals surface area contributed by atoms with Gasteiger partial charge in [0.2, 0.25) is 0 Å². The molecule has 0 aliphatic rings. The molecule has 12 heavy (non-hydrogen) atoms. The van der Waals surface area contributed by atoms with Gasteiger partial charge in [-0.15, -0.1) is 0 Å². The lowest BCUT2D eigenvalue weighted by Crippen LogP contribution is -2.45. The number of quaternary nitrogens is 1. The molecule has 1 aromatic rings. The van der Waals surface area contributed by atoms with Gasteiger partial charge in [0.1, 0.15) is 12.4 Å². The van der Waals surface area contributed by atoms with Gasteiger partial charge in [0, 0.05) is 0 Å². The molecule has 66 valence electrons. The van der Waals surface area contributed by atoms with Crippen LogP contribution in [-0.2, 0) is 0 Å². The molecule has 0 spiro atoms. The van der Waals surface area contributed by atoms with E-state index in [1.807, 2.05) is 0 Å². The fraction of sp³-hybridized carbons (Fsp3) is 0.400. The predicted molar refractivity (Wildman–Crippen MR) is 53.9 cm³/mol. The minimum absolute atomic E-state index is 0.628. The Morgan fingerprint density at radius 2 is 1.67 bits per heavy atom. The number of hydrogen-bond acceptors (Lipinski definition) is 1. The average molecular weight is 165 g/mol. The standard InChI is InChI=1S/C10H17N2/c1-9-4-6-10(7-5-9)12(2,3)8-11/h4-7H,8,11H2,1-3H3/q+1. The molecule has 0 unspecified atom stereocenters. The average Bonchev–Trinajstić information content (AvgIpc) is 2.05. The minimum atomic E-state index is 0.628. The van der Waals surface area contributed by atoms with E-state index in [0.717, 1.165) is 4.48 Å². The lowest BCUT2D eigenvalue weighted by Gasteiger charge is -2.27. The molecule has 1 aromatic carbocycles. The van der Waals surface area contributed by atoms with Gasteiger partial charge >= 0.3 is 0 Å². The van der Waals surface area contributed by atoms with E-state index in [1.165, 1.54) is 11.3 Å². The fourth-order valence-corrected chi connectivity index (χ4v) is 1.05. The van der Waals surface area contributed by atoms with Crippen molar-refractivity contribution >= 4 is 5.69 Å². The van der Waals surface area contributed by atoms with Gasteiger partial charge in [0.05, 0.1) is 14.1 Å². The van der Waals surface area contributed by atoms with E-state index in [1.54, 1.807) is 0 Å². The summed E-state index contributed by atoms with van der Waals surface area (Å²) in [7, 11) is 4.20. The van der Waals surface area contributed by atoms with Crippen LogP contribution in [0.5, 0.6) is 0 Å². The highest BCUT2D eigenvalue weighted by atomic mass is 15.3. The largest absolute Gasteiger partial charge is 0.284 e. The first-order chi connectivity index (χ1) is 5.56. The molecule has 0 radical (unpaired) electrons. The van der Waals surface area contributed by atoms with Gasteiger partial charge in [-0.3, -0.25) is 10.2 Å². The smallest absolute Gasteiger partial charge is 0.134 e. The molecular weight excluding hydrogens is 148 g/mol. The van der Waals surface area contributed by atoms with Crippen LogP contribution in [0.15, 0.2) is 24.3 Å². The van der Waals surface area contributed by atoms with E-state index < -0.39 is 0 Å². The first-order valence-corrected chi connectivity index (χ1v) is 4.16. The zero-order valence-corrected chi connectivity index (χ0v) is 8.04. The number of rotatable bonds is 2. The number of benzene rings is 1. The summed E-state index contributed by atoms with van der Waals surface area (Å²) in [5.41, 5.74) is 8.19. The van der Waals surface area contributed by atoms with Crippen molar-refractivity contribution in [2.24, 2.45) is 5.73 Å². The molecule has 0 atom stereocenters. The second-order valence-corrected chi connectivity index (χ2v) is 3.70. The lowest BCUT2D eigenvalue weighted by atomic mass is 10.2. The summed E-state index contributed by atoms with van der Waals surface area (Å²) >= 11 is 0. The summed E-state index contributed by atoms with van der Waals surface area (Å²) in [4.78, 5) is 0. The molecule has 0 heterocycles. The number of aryl methyl sites for hydroxylation is 1. The van der Waals surface area contributed by atoms with E-state index in [-0.39, 0.29) is 0 Å². The van der Waals surface area contributed by atoms with Crippen molar-refractivity contribution in [3.63, 3.8) is 0 Å². The Balaban J connectivity index is 2.96. The molecule has 0 saturated carbocycles. The summed E-state index contributed by atoms with van der Waals surface area (Å²) in [6.07, 6.45) is 0. The molecule has 0 saturated heterocycles. The summed E-state index contributed by atoms with van der Waals surface area (Å²) in [6.45, 7) is 2.72. The van der Waals surface area contributed by atoms with Crippen LogP contribution in [-0.4, -0.2) is 20.8 Å². The van der Waals surface area contributed by atoms with Gasteiger partial charge in [-0.05, 0) is 19.1 Å². The first kappa shape index (κ1) is 9.23. The molecule has 2 heteroatoms. The Bertz CT molecular complexity index is 249. The van der Waals surface area contributed by atoms with E-state index >= 15 is 0 Å². The van der Waals surface area contributed by atoms with Gasteiger partial charge in [0.15, 0.2) is 0 Å². The maximum atomic E-state index is 5.65. The first-order valence-electron chi connectivity index (χ1n) is 4.16. The highest BCUT2D eigenvalue weighted by Gasteiger charge is 2.15. The van der Waals surface area contributed by atoms with Crippen molar-refractivity contribution in [2.75, 3.05) is 20.8 Å². The highest BCUT2D eigenvalue weighted by Crippen LogP contribution is 2.17. The van der Waals surface area contributed by atoms with Crippen LogP contribution in [0.4, 0.5) is 5.69 Å². The van der Waals surface area contributed by atoms with Gasteiger partial charge in [0.25, 0.3) is 0 Å². The Morgan fingerprint density at radius 3 is 2.08 bits per heavy atom. The topological polar surface area (TPSA) is 26.0 Å². The van der Waals surface area contributed by atoms with Gasteiger partial charge in [-0.25, -0.2) is 0 Å². The van der Waals surface area contributed by atoms with Gasteiger partial charge < -0.3 is 0 Å². The summed E-state index contributed by atoms with van der Waals surface area (Å²) in [6, 6.07) is 8.49. The molecule has 0 aromatic heterocycles. The van der Waals surface area contributed by atoms with Crippen LogP contribution >= 0.6 is 0 Å². The zero-order valence-electron chi connectivity index (χ0n) is 8.04. The highest BCUT2D eigenvalue weighted by molar-refractivity contribution is 5.42. The molecule has 1 rings (SSSR count). The van der Waals surface area contributed by atoms with E-state index in [2.05, 4.69) is 45.3 Å². The third-order valence-corrected chi connectivity index (χ3v) is 2.19. The van der Waals surface area contributed by atoms with Gasteiger partial charge in [-0.2, -0.15) is 0 Å². The monoisotopic (exact) mass is 165 g/mol. The second kappa shape index (κ2) is 3.25. The minimum Gasteiger partial charge on any atom is -0.284 e. The van der Waals surface area contributed by atoms with Crippen molar-refractivity contribution in [1.29, 1.82) is 0 Å². The predicted octanol–water partition coefficient (Wildman–Crippen LogP) is 1.48. The molecule has 0 fully saturated rings. The third kappa shape index (κ3) is 1.84. The van der Waals surface area contributed by atoms with Crippen LogP contribution in [0.25, 0.3) is 0 Å². The Hall–Kier alpha value is -0.860. The molecule has 0 aliphatic carbocycles. The normalized spacial score (nSPS) is 11.7. The maximum absolute atomic E-state index is 5.65. The Kier molecular flexibility index (Phi) is 2.50. The molecular formula is C10H17N2+. The van der Waals surface area contributed by atoms with Crippen molar-refractivity contribution < 1.29 is 0 Å². The van der Waals surface area contributed by atoms with Crippen LogP contribution in [0, 0.1) is 6.92 Å². The van der Waals surface area contributed by atoms with Crippen molar-refractivity contribution in [2.45, 2.75) is 6.92 Å². The Morgan fingerprint density at radius 1 is 1.17 bits per heavy atom. The molecule has 0 amide bonds. The van der Waals surface area contributed by atoms with Crippen LogP contribution in [0.1, 0.15) is 5.56 Å². The van der Waals surface area contributed by atoms with Gasteiger partial charge in [-0.1, -0.05) is 17.7 Å². The molecule has 0 aliphatic heterocycles. The quantitative estimate of drug-likeness (QED) is 0.521.